The van der Waals surface area contributed by atoms with E-state index in [9.17, 15) is 4.79 Å². The molecule has 2 atom stereocenters. The highest BCUT2D eigenvalue weighted by molar-refractivity contribution is 7.87. The summed E-state index contributed by atoms with van der Waals surface area (Å²) in [6, 6.07) is 30.9. The van der Waals surface area contributed by atoms with Crippen LogP contribution in [0.25, 0.3) is 0 Å². The fourth-order valence-electron chi connectivity index (χ4n) is 4.02. The molecular formula is C27H28NO3P. The molecule has 0 aromatic heterocycles. The Hall–Kier alpha value is -3.10. The van der Waals surface area contributed by atoms with Gasteiger partial charge in [-0.15, -0.1) is 0 Å². The van der Waals surface area contributed by atoms with Gasteiger partial charge in [-0.25, -0.2) is 9.54 Å². The Morgan fingerprint density at radius 1 is 0.844 bits per heavy atom. The molecule has 4 rings (SSSR count). The Morgan fingerprint density at radius 3 is 1.69 bits per heavy atom. The molecule has 1 aliphatic heterocycles. The summed E-state index contributed by atoms with van der Waals surface area (Å²) in [4.78, 5) is 12.9. The number of benzene rings is 3. The number of carbonyl (C=O) groups excluding carboxylic acids is 1. The van der Waals surface area contributed by atoms with Gasteiger partial charge in [0.2, 0.25) is 5.88 Å². The normalized spacial score (nSPS) is 18.2. The highest BCUT2D eigenvalue weighted by atomic mass is 31.2. The maximum absolute atomic E-state index is 12.9. The number of hydrogen-bond donors (Lipinski definition) is 0. The van der Waals surface area contributed by atoms with E-state index in [1.807, 2.05) is 75.4 Å². The third kappa shape index (κ3) is 4.03. The second-order valence-electron chi connectivity index (χ2n) is 7.79. The smallest absolute Gasteiger partial charge is 0.339 e. The lowest BCUT2D eigenvalue weighted by atomic mass is 9.99. The van der Waals surface area contributed by atoms with E-state index in [2.05, 4.69) is 36.4 Å². The lowest BCUT2D eigenvalue weighted by Crippen LogP contribution is -2.25. The molecule has 2 unspecified atom stereocenters. The zero-order chi connectivity index (χ0) is 22.6. The van der Waals surface area contributed by atoms with Crippen LogP contribution in [0.3, 0.4) is 0 Å². The lowest BCUT2D eigenvalue weighted by Gasteiger charge is -2.27. The summed E-state index contributed by atoms with van der Waals surface area (Å²) in [6.07, 6.45) is -0.155. The summed E-state index contributed by atoms with van der Waals surface area (Å²) in [7, 11) is -2.52. The summed E-state index contributed by atoms with van der Waals surface area (Å²) in [6.45, 7) is 6.09. The summed E-state index contributed by atoms with van der Waals surface area (Å²) in [5.41, 5.74) is 0.520. The van der Waals surface area contributed by atoms with E-state index < -0.39 is 7.05 Å². The molecule has 4 nitrogen and oxygen atoms in total. The fourth-order valence-corrected chi connectivity index (χ4v) is 7.50. The molecule has 0 radical (unpaired) electrons. The quantitative estimate of drug-likeness (QED) is 0.397. The van der Waals surface area contributed by atoms with E-state index in [0.29, 0.717) is 18.1 Å². The number of rotatable bonds is 6. The van der Waals surface area contributed by atoms with Crippen molar-refractivity contribution in [3.05, 3.63) is 102 Å². The molecular weight excluding hydrogens is 417 g/mol. The maximum Gasteiger partial charge on any atom is 0.339 e. The van der Waals surface area contributed by atoms with Crippen LogP contribution in [0.15, 0.2) is 107 Å². The number of ether oxygens (including phenoxy) is 2. The molecule has 0 bridgehead atoms. The third-order valence-electron chi connectivity index (χ3n) is 5.81. The van der Waals surface area contributed by atoms with E-state index in [4.69, 9.17) is 14.2 Å². The summed E-state index contributed by atoms with van der Waals surface area (Å²) in [5, 5.41) is 3.30. The minimum absolute atomic E-state index is 0.1000. The van der Waals surface area contributed by atoms with Gasteiger partial charge < -0.3 is 9.47 Å². The average Bonchev–Trinajstić information content (AvgIpc) is 3.12. The van der Waals surface area contributed by atoms with Crippen LogP contribution in [-0.2, 0) is 14.3 Å². The molecule has 0 spiro atoms. The molecule has 0 aliphatic carbocycles. The first-order valence-electron chi connectivity index (χ1n) is 10.9. The zero-order valence-electron chi connectivity index (χ0n) is 18.6. The van der Waals surface area contributed by atoms with Gasteiger partial charge in [0.25, 0.3) is 0 Å². The molecule has 3 aromatic rings. The van der Waals surface area contributed by atoms with Crippen molar-refractivity contribution >= 4 is 28.9 Å². The first-order valence-corrected chi connectivity index (χ1v) is 12.7. The summed E-state index contributed by atoms with van der Waals surface area (Å²) < 4.78 is 17.0. The Morgan fingerprint density at radius 2 is 1.28 bits per heavy atom. The van der Waals surface area contributed by atoms with Crippen LogP contribution in [-0.4, -0.2) is 18.7 Å². The van der Waals surface area contributed by atoms with Gasteiger partial charge in [0, 0.05) is 21.8 Å². The molecule has 3 aromatic carbocycles. The Bertz CT molecular complexity index is 1050. The van der Waals surface area contributed by atoms with Gasteiger partial charge in [-0.05, 0) is 13.8 Å². The van der Waals surface area contributed by atoms with Gasteiger partial charge in [0.1, 0.15) is 11.7 Å². The Kier molecular flexibility index (Phi) is 6.62. The molecule has 0 amide bonds. The largest absolute Gasteiger partial charge is 0.474 e. The van der Waals surface area contributed by atoms with E-state index in [0.717, 1.165) is 15.9 Å². The predicted molar refractivity (Wildman–Crippen MR) is 131 cm³/mol. The molecule has 0 saturated carbocycles. The molecule has 0 N–H and O–H groups in total. The van der Waals surface area contributed by atoms with Gasteiger partial charge in [0.15, 0.2) is 0 Å². The van der Waals surface area contributed by atoms with Gasteiger partial charge in [-0.2, -0.15) is 0 Å². The summed E-state index contributed by atoms with van der Waals surface area (Å²) in [5.74, 6) is -0.0549. The van der Waals surface area contributed by atoms with E-state index >= 15 is 0 Å². The van der Waals surface area contributed by atoms with Crippen molar-refractivity contribution in [2.45, 2.75) is 26.9 Å². The van der Waals surface area contributed by atoms with E-state index in [1.54, 1.807) is 0 Å². The molecule has 32 heavy (non-hydrogen) atoms. The SMILES string of the molecule is CCOC(=O)C1=C(N=P(c2ccccc2)(c2ccccc2)c2ccccc2)OC(C)C1C. The van der Waals surface area contributed by atoms with E-state index in [1.165, 1.54) is 0 Å². The van der Waals surface area contributed by atoms with Gasteiger partial charge in [-0.1, -0.05) is 97.9 Å². The van der Waals surface area contributed by atoms with Gasteiger partial charge in [0.05, 0.1) is 13.7 Å². The Balaban J connectivity index is 2.10. The average molecular weight is 445 g/mol. The monoisotopic (exact) mass is 445 g/mol. The second kappa shape index (κ2) is 9.58. The van der Waals surface area contributed by atoms with E-state index in [-0.39, 0.29) is 18.0 Å². The maximum atomic E-state index is 12.9. The van der Waals surface area contributed by atoms with Crippen LogP contribution in [0, 0.1) is 5.92 Å². The number of carbonyl (C=O) groups is 1. The Labute approximate surface area is 190 Å². The zero-order valence-corrected chi connectivity index (χ0v) is 19.5. The first kappa shape index (κ1) is 22.1. The molecule has 5 heteroatoms. The van der Waals surface area contributed by atoms with Crippen LogP contribution in [0.4, 0.5) is 0 Å². The minimum Gasteiger partial charge on any atom is -0.474 e. The van der Waals surface area contributed by atoms with Crippen molar-refractivity contribution in [3.8, 4) is 0 Å². The topological polar surface area (TPSA) is 47.9 Å². The van der Waals surface area contributed by atoms with Crippen molar-refractivity contribution < 1.29 is 14.3 Å². The fraction of sp³-hybridized carbons (Fsp3) is 0.222. The molecule has 0 fully saturated rings. The third-order valence-corrected chi connectivity index (χ3v) is 9.43. The first-order chi connectivity index (χ1) is 15.6. The highest BCUT2D eigenvalue weighted by Crippen LogP contribution is 2.49. The van der Waals surface area contributed by atoms with Crippen molar-refractivity contribution in [2.75, 3.05) is 6.61 Å². The van der Waals surface area contributed by atoms with Gasteiger partial charge >= 0.3 is 5.97 Å². The standard InChI is InChI=1S/C27H28NO3P/c1-4-30-27(29)25-20(2)21(3)31-26(25)28-32(22-14-8-5-9-15-22,23-16-10-6-11-17-23)24-18-12-7-13-19-24/h5-21H,4H2,1-3H3. The summed E-state index contributed by atoms with van der Waals surface area (Å²) >= 11 is 0. The van der Waals surface area contributed by atoms with Crippen molar-refractivity contribution in [2.24, 2.45) is 10.7 Å². The minimum atomic E-state index is -2.52. The van der Waals surface area contributed by atoms with Crippen LogP contribution in [0.1, 0.15) is 20.8 Å². The number of nitrogens with zero attached hydrogens (tertiary/aromatic N) is 1. The van der Waals surface area contributed by atoms with Crippen LogP contribution in [0.5, 0.6) is 0 Å². The van der Waals surface area contributed by atoms with Crippen LogP contribution >= 0.6 is 7.05 Å². The molecule has 164 valence electrons. The number of hydrogen-bond acceptors (Lipinski definition) is 4. The second-order valence-corrected chi connectivity index (χ2v) is 10.8. The van der Waals surface area contributed by atoms with Crippen molar-refractivity contribution in [1.82, 2.24) is 0 Å². The molecule has 1 aliphatic rings. The van der Waals surface area contributed by atoms with Crippen molar-refractivity contribution in [3.63, 3.8) is 0 Å². The van der Waals surface area contributed by atoms with Crippen LogP contribution in [0.2, 0.25) is 0 Å². The predicted octanol–water partition coefficient (Wildman–Crippen LogP) is 4.99. The highest BCUT2D eigenvalue weighted by Gasteiger charge is 2.38. The molecule has 0 saturated heterocycles. The van der Waals surface area contributed by atoms with Crippen molar-refractivity contribution in [1.29, 1.82) is 0 Å². The van der Waals surface area contributed by atoms with Gasteiger partial charge in [-0.3, -0.25) is 0 Å². The molecule has 1 heterocycles. The lowest BCUT2D eigenvalue weighted by molar-refractivity contribution is -0.139. The van der Waals surface area contributed by atoms with Crippen LogP contribution < -0.4 is 15.9 Å². The number of esters is 1.